The fourth-order valence-corrected chi connectivity index (χ4v) is 0. The molecule has 0 bridgehead atoms. The molecule has 0 atom stereocenters. The normalized spacial score (nSPS) is 3.17. The van der Waals surface area contributed by atoms with Crippen LogP contribution in [0.4, 0.5) is 0 Å². The second-order valence-electron chi connectivity index (χ2n) is 0.707. The number of hydrogen-bond donors (Lipinski definition) is 0. The van der Waals surface area contributed by atoms with Gasteiger partial charge in [-0.05, 0) is 0 Å². The average molecular weight is 252 g/mol. The number of hydrogen-bond acceptors (Lipinski definition) is 0. The van der Waals surface area contributed by atoms with Crippen molar-refractivity contribution in [2.75, 3.05) is 0 Å². The molecule has 0 aromatic heterocycles. The van der Waals surface area contributed by atoms with E-state index in [-0.39, 0.29) is 0 Å². The lowest BCUT2D eigenvalue weighted by Gasteiger charge is -1.71. The summed E-state index contributed by atoms with van der Waals surface area (Å²) in [5.41, 5.74) is 0. The van der Waals surface area contributed by atoms with E-state index in [1.54, 1.807) is 0 Å². The Kier molecular flexibility index (Phi) is 3700000. The predicted molar refractivity (Wildman–Crippen MR) is 98.7 cm³/mol. The molecule has 0 amide bonds. The third-order valence-electron chi connectivity index (χ3n) is 0.250. The molecule has 0 aliphatic carbocycles. The van der Waals surface area contributed by atoms with Crippen molar-refractivity contribution < 1.29 is 0 Å². The fraction of sp³-hybridized carbons (Fsp3) is 0.111. The van der Waals surface area contributed by atoms with E-state index < -0.39 is 0 Å². The number of unbranched alkanes of at least 4 members (excludes halogenated alkanes) is 1. The molecule has 0 aromatic rings. The summed E-state index contributed by atoms with van der Waals surface area (Å²) in [4.78, 5) is 0. The van der Waals surface area contributed by atoms with E-state index in [1.807, 2.05) is 0 Å². The van der Waals surface area contributed by atoms with Crippen LogP contribution in [0.15, 0.2) is 92.1 Å². The van der Waals surface area contributed by atoms with Gasteiger partial charge in [0, 0.05) is 0 Å². The molecule has 0 fully saturated rings. The minimum atomic E-state index is 0.958. The molecule has 0 N–H and O–H groups in total. The minimum Gasteiger partial charge on any atom is -0.339 e. The Morgan fingerprint density at radius 2 is 0.556 bits per heavy atom. The minimum absolute atomic E-state index is 0.958. The molecule has 0 aromatic carbocycles. The van der Waals surface area contributed by atoms with Gasteiger partial charge >= 0.3 is 0 Å². The van der Waals surface area contributed by atoms with Crippen LogP contribution in [0.1, 0.15) is 12.8 Å². The van der Waals surface area contributed by atoms with Gasteiger partial charge in [0.2, 0.25) is 0 Å². The first-order valence-corrected chi connectivity index (χ1v) is 5.00. The van der Waals surface area contributed by atoms with Crippen molar-refractivity contribution in [3.63, 3.8) is 0 Å². The highest BCUT2D eigenvalue weighted by Crippen LogP contribution is 1.75. The van der Waals surface area contributed by atoms with Crippen molar-refractivity contribution >= 4 is 0 Å². The lowest BCUT2D eigenvalue weighted by Crippen LogP contribution is -1.49. The lowest BCUT2D eigenvalue weighted by atomic mass is 10.4. The molecule has 0 heteroatoms. The van der Waals surface area contributed by atoms with E-state index in [9.17, 15) is 0 Å². The molecule has 0 rings (SSSR count). The molecule has 0 nitrogen and oxygen atoms in total. The van der Waals surface area contributed by atoms with E-state index in [4.69, 9.17) is 0 Å². The van der Waals surface area contributed by atoms with Crippen LogP contribution in [-0.4, -0.2) is 0 Å². The summed E-state index contributed by atoms with van der Waals surface area (Å²) >= 11 is 0. The molecule has 108 valence electrons. The highest BCUT2D eigenvalue weighted by atomic mass is 13.6. The third kappa shape index (κ3) is 2650. The smallest absolute Gasteiger partial charge is 0.0587 e. The van der Waals surface area contributed by atoms with Crippen LogP contribution in [0.25, 0.3) is 0 Å². The van der Waals surface area contributed by atoms with E-state index in [2.05, 4.69) is 106 Å². The summed E-state index contributed by atoms with van der Waals surface area (Å²) in [6.07, 6.45) is 1.92. The molecule has 0 spiro atoms. The van der Waals surface area contributed by atoms with Crippen LogP contribution < -0.4 is 0 Å². The summed E-state index contributed by atoms with van der Waals surface area (Å²) in [5.74, 6) is 0. The van der Waals surface area contributed by atoms with Crippen LogP contribution in [0.5, 0.6) is 0 Å². The van der Waals surface area contributed by atoms with Crippen molar-refractivity contribution in [1.29, 1.82) is 0 Å². The maximum absolute atomic E-state index is 3.54. The van der Waals surface area contributed by atoms with Gasteiger partial charge in [-0.1, -0.05) is 0 Å². The Labute approximate surface area is 119 Å². The quantitative estimate of drug-likeness (QED) is 0.346. The summed E-state index contributed by atoms with van der Waals surface area (Å²) in [5, 5.41) is 0. The molecule has 18 heavy (non-hydrogen) atoms. The van der Waals surface area contributed by atoms with Gasteiger partial charge in [-0.3, -0.25) is 0 Å². The zero-order chi connectivity index (χ0) is 17.4. The first-order chi connectivity index (χ1) is 8.91. The summed E-state index contributed by atoms with van der Waals surface area (Å²) in [7, 11) is 0. The molecule has 0 saturated carbocycles. The molecular formula is C18H36. The molecule has 0 unspecified atom stereocenters. The Morgan fingerprint density at radius 3 is 0.556 bits per heavy atom. The lowest BCUT2D eigenvalue weighted by molar-refractivity contribution is 1.05. The van der Waals surface area contributed by atoms with Crippen LogP contribution in [-0.2, 0) is 0 Å². The molecule has 0 radical (unpaired) electrons. The van der Waals surface area contributed by atoms with Gasteiger partial charge in [-0.25, -0.2) is 0 Å². The Bertz CT molecular complexity index is 35.4. The zero-order valence-electron chi connectivity index (χ0n) is 12.7. The zero-order valence-corrected chi connectivity index (χ0v) is 12.7. The van der Waals surface area contributed by atoms with Gasteiger partial charge < -0.3 is 6.92 Å². The molecular weight excluding hydrogens is 216 g/mol. The standard InChI is InChI=1S/C4H8.7C2H4/c1-3-4-2;7*1-2/h1-4H2;7*1-2H2. The monoisotopic (exact) mass is 252 g/mol. The van der Waals surface area contributed by atoms with E-state index >= 15 is 0 Å². The molecule has 0 aliphatic heterocycles. The third-order valence-corrected chi connectivity index (χ3v) is 0.250. The first-order valence-electron chi connectivity index (χ1n) is 5.00. The van der Waals surface area contributed by atoms with Crippen LogP contribution in [0.3, 0.4) is 0 Å². The predicted octanol–water partition coefficient (Wildman–Crippen LogP) is 7.05. The van der Waals surface area contributed by atoms with Crippen LogP contribution in [0.2, 0.25) is 0 Å². The highest BCUT2D eigenvalue weighted by molar-refractivity contribution is 4.38. The molecule has 0 aliphatic rings. The van der Waals surface area contributed by atoms with E-state index in [0.29, 0.717) is 0 Å². The maximum atomic E-state index is 3.54. The Balaban J connectivity index is -0.0000000109. The van der Waals surface area contributed by atoms with Crippen molar-refractivity contribution in [3.05, 3.63) is 106 Å². The largest absolute Gasteiger partial charge is 0.339 e. The van der Waals surface area contributed by atoms with E-state index in [1.165, 1.54) is 0 Å². The average Bonchev–Trinajstić information content (AvgIpc) is 2.60. The topological polar surface area (TPSA) is 0 Å². The van der Waals surface area contributed by atoms with Gasteiger partial charge in [0.1, 0.15) is 0 Å². The van der Waals surface area contributed by atoms with Gasteiger partial charge in [-0.15, -0.1) is 98.5 Å². The van der Waals surface area contributed by atoms with Gasteiger partial charge in [0.15, 0.2) is 0 Å². The van der Waals surface area contributed by atoms with E-state index in [0.717, 1.165) is 12.8 Å². The number of rotatable bonds is 1. The van der Waals surface area contributed by atoms with Crippen molar-refractivity contribution in [2.45, 2.75) is 12.8 Å². The highest BCUT2D eigenvalue weighted by Gasteiger charge is 1.57. The SMILES string of the molecule is C=C.C=C.C=C.C=C.C=C.C=C.C=C.[CH2+]CC[CH2-]. The summed E-state index contributed by atoms with van der Waals surface area (Å²) < 4.78 is 0. The fourth-order valence-electron chi connectivity index (χ4n) is 0. The van der Waals surface area contributed by atoms with Gasteiger partial charge in [0.05, 0.1) is 13.3 Å². The van der Waals surface area contributed by atoms with Crippen LogP contribution in [0, 0.1) is 13.8 Å². The summed E-state index contributed by atoms with van der Waals surface area (Å²) in [6, 6.07) is 0. The van der Waals surface area contributed by atoms with Crippen LogP contribution >= 0.6 is 0 Å². The van der Waals surface area contributed by atoms with Gasteiger partial charge in [-0.2, -0.15) is 0 Å². The Morgan fingerprint density at radius 1 is 0.500 bits per heavy atom. The molecule has 0 saturated heterocycles. The van der Waals surface area contributed by atoms with Gasteiger partial charge in [0.25, 0.3) is 0 Å². The first kappa shape index (κ1) is 56.1. The second-order valence-corrected chi connectivity index (χ2v) is 0.707. The van der Waals surface area contributed by atoms with Crippen molar-refractivity contribution in [2.24, 2.45) is 0 Å². The maximum Gasteiger partial charge on any atom is 0.0587 e. The van der Waals surface area contributed by atoms with Crippen molar-refractivity contribution in [3.8, 4) is 0 Å². The Hall–Kier alpha value is -1.95. The second kappa shape index (κ2) is 1190000. The van der Waals surface area contributed by atoms with Crippen molar-refractivity contribution in [1.82, 2.24) is 0 Å². The molecule has 0 heterocycles. The summed E-state index contributed by atoms with van der Waals surface area (Å²) in [6.45, 7) is 49.1.